The molecule has 1 rings (SSSR count). The number of benzene rings is 1. The first-order valence-electron chi connectivity index (χ1n) is 6.61. The Hall–Kier alpha value is -2.67. The highest BCUT2D eigenvalue weighted by atomic mass is 17.1. The molecule has 0 spiro atoms. The summed E-state index contributed by atoms with van der Waals surface area (Å²) in [6, 6.07) is 6.33. The van der Waals surface area contributed by atoms with Crippen molar-refractivity contribution in [2.75, 3.05) is 0 Å². The maximum absolute atomic E-state index is 11.8. The number of nitrogens with two attached hydrogens (primary N) is 1. The fourth-order valence-electron chi connectivity index (χ4n) is 1.67. The molecule has 0 heterocycles. The minimum absolute atomic E-state index is 0.0567. The van der Waals surface area contributed by atoms with Crippen molar-refractivity contribution in [3.05, 3.63) is 41.5 Å². The summed E-state index contributed by atoms with van der Waals surface area (Å²) in [7, 11) is 0. The third-order valence-corrected chi connectivity index (χ3v) is 2.87. The Labute approximate surface area is 127 Å². The molecule has 0 bridgehead atoms. The first kappa shape index (κ1) is 17.4. The van der Waals surface area contributed by atoms with Crippen molar-refractivity contribution in [2.24, 2.45) is 5.73 Å². The molecular weight excluding hydrogens is 288 g/mol. The molecule has 4 N–H and O–H groups in total. The minimum atomic E-state index is -1.15. The molecule has 7 nitrogen and oxygen atoms in total. The standard InChI is InChI=1S/C15H18N2O5/c1-10-2-4-11(5-3-10)6-9-14(19)17-12(15(20)22-21)7-8-13(16)18/h2-6,9,12,21H,7-8H2,1H3,(H2,16,18)(H,17,19)/b9-6+/t12-/m0/s1. The number of aryl methyl sites for hydroxylation is 1. The topological polar surface area (TPSA) is 119 Å². The largest absolute Gasteiger partial charge is 0.370 e. The van der Waals surface area contributed by atoms with Gasteiger partial charge in [0.15, 0.2) is 0 Å². The Morgan fingerprint density at radius 2 is 1.95 bits per heavy atom. The molecule has 0 fully saturated rings. The van der Waals surface area contributed by atoms with Crippen LogP contribution in [0.3, 0.4) is 0 Å². The van der Waals surface area contributed by atoms with Gasteiger partial charge in [0.1, 0.15) is 6.04 Å². The summed E-state index contributed by atoms with van der Waals surface area (Å²) in [6.45, 7) is 1.95. The molecule has 0 aliphatic carbocycles. The lowest BCUT2D eigenvalue weighted by Crippen LogP contribution is -2.41. The van der Waals surface area contributed by atoms with Crippen LogP contribution in [-0.4, -0.2) is 29.1 Å². The molecule has 0 unspecified atom stereocenters. The Bertz CT molecular complexity index is 566. The van der Waals surface area contributed by atoms with Crippen molar-refractivity contribution in [1.29, 1.82) is 0 Å². The van der Waals surface area contributed by atoms with E-state index in [2.05, 4.69) is 10.2 Å². The average molecular weight is 306 g/mol. The van der Waals surface area contributed by atoms with Gasteiger partial charge in [0.25, 0.3) is 0 Å². The van der Waals surface area contributed by atoms with Crippen molar-refractivity contribution in [3.8, 4) is 0 Å². The van der Waals surface area contributed by atoms with E-state index in [4.69, 9.17) is 11.0 Å². The van der Waals surface area contributed by atoms with Gasteiger partial charge in [-0.2, -0.15) is 5.26 Å². The Morgan fingerprint density at radius 3 is 2.50 bits per heavy atom. The zero-order valence-corrected chi connectivity index (χ0v) is 12.1. The second-order valence-electron chi connectivity index (χ2n) is 4.72. The lowest BCUT2D eigenvalue weighted by atomic mass is 10.1. The van der Waals surface area contributed by atoms with Crippen LogP contribution in [0.1, 0.15) is 24.0 Å². The number of carbonyl (C=O) groups excluding carboxylic acids is 3. The molecule has 0 saturated heterocycles. The zero-order chi connectivity index (χ0) is 16.5. The smallest absolute Gasteiger partial charge is 0.364 e. The van der Waals surface area contributed by atoms with E-state index in [9.17, 15) is 14.4 Å². The molecule has 0 aromatic heterocycles. The SMILES string of the molecule is Cc1ccc(/C=C/C(=O)N[C@@H](CCC(N)=O)C(=O)OO)cc1. The summed E-state index contributed by atoms with van der Waals surface area (Å²) < 4.78 is 0. The molecule has 0 radical (unpaired) electrons. The monoisotopic (exact) mass is 306 g/mol. The van der Waals surface area contributed by atoms with Crippen molar-refractivity contribution in [1.82, 2.24) is 5.32 Å². The van der Waals surface area contributed by atoms with Crippen LogP contribution in [-0.2, 0) is 19.3 Å². The van der Waals surface area contributed by atoms with Crippen LogP contribution in [0.4, 0.5) is 0 Å². The van der Waals surface area contributed by atoms with Gasteiger partial charge < -0.3 is 11.1 Å². The molecule has 2 amide bonds. The molecule has 1 atom stereocenters. The van der Waals surface area contributed by atoms with Gasteiger partial charge >= 0.3 is 5.97 Å². The predicted octanol–water partition coefficient (Wildman–Crippen LogP) is 0.775. The van der Waals surface area contributed by atoms with Crippen LogP contribution in [0.15, 0.2) is 30.3 Å². The number of hydrogen-bond donors (Lipinski definition) is 3. The van der Waals surface area contributed by atoms with Gasteiger partial charge in [-0.15, -0.1) is 0 Å². The number of nitrogens with one attached hydrogen (secondary N) is 1. The third-order valence-electron chi connectivity index (χ3n) is 2.87. The summed E-state index contributed by atoms with van der Waals surface area (Å²) >= 11 is 0. The molecule has 22 heavy (non-hydrogen) atoms. The maximum atomic E-state index is 11.8. The Kier molecular flexibility index (Phi) is 6.78. The van der Waals surface area contributed by atoms with E-state index in [1.54, 1.807) is 6.08 Å². The molecule has 118 valence electrons. The Morgan fingerprint density at radius 1 is 1.32 bits per heavy atom. The number of hydrogen-bond acceptors (Lipinski definition) is 5. The van der Waals surface area contributed by atoms with Crippen LogP contribution in [0.5, 0.6) is 0 Å². The highest BCUT2D eigenvalue weighted by molar-refractivity contribution is 5.94. The average Bonchev–Trinajstić information content (AvgIpc) is 2.49. The Balaban J connectivity index is 2.63. The van der Waals surface area contributed by atoms with Crippen molar-refractivity contribution >= 4 is 23.9 Å². The van der Waals surface area contributed by atoms with Crippen molar-refractivity contribution in [2.45, 2.75) is 25.8 Å². The van der Waals surface area contributed by atoms with Crippen LogP contribution >= 0.6 is 0 Å². The first-order valence-corrected chi connectivity index (χ1v) is 6.61. The number of primary amides is 1. The number of carbonyl (C=O) groups is 3. The zero-order valence-electron chi connectivity index (χ0n) is 12.1. The van der Waals surface area contributed by atoms with Gasteiger partial charge in [0, 0.05) is 12.5 Å². The van der Waals surface area contributed by atoms with Gasteiger partial charge in [0.05, 0.1) is 0 Å². The van der Waals surface area contributed by atoms with E-state index in [-0.39, 0.29) is 12.8 Å². The molecule has 7 heteroatoms. The highest BCUT2D eigenvalue weighted by Crippen LogP contribution is 2.05. The lowest BCUT2D eigenvalue weighted by molar-refractivity contribution is -0.236. The lowest BCUT2D eigenvalue weighted by Gasteiger charge is -2.13. The van der Waals surface area contributed by atoms with E-state index in [1.165, 1.54) is 6.08 Å². The molecule has 0 aliphatic rings. The molecule has 1 aromatic carbocycles. The van der Waals surface area contributed by atoms with Gasteiger partial charge in [-0.1, -0.05) is 29.8 Å². The van der Waals surface area contributed by atoms with Crippen LogP contribution in [0.2, 0.25) is 0 Å². The third kappa shape index (κ3) is 6.19. The molecular formula is C15H18N2O5. The van der Waals surface area contributed by atoms with E-state index in [0.29, 0.717) is 0 Å². The summed E-state index contributed by atoms with van der Waals surface area (Å²) in [5, 5.41) is 10.7. The van der Waals surface area contributed by atoms with Crippen molar-refractivity contribution in [3.63, 3.8) is 0 Å². The normalized spacial score (nSPS) is 11.9. The maximum Gasteiger partial charge on any atom is 0.364 e. The summed E-state index contributed by atoms with van der Waals surface area (Å²) in [4.78, 5) is 37.4. The number of amides is 2. The summed E-state index contributed by atoms with van der Waals surface area (Å²) in [5.41, 5.74) is 6.89. The van der Waals surface area contributed by atoms with Gasteiger partial charge in [-0.25, -0.2) is 4.79 Å². The highest BCUT2D eigenvalue weighted by Gasteiger charge is 2.22. The van der Waals surface area contributed by atoms with Gasteiger partial charge in [0.2, 0.25) is 11.8 Å². The predicted molar refractivity (Wildman–Crippen MR) is 79.3 cm³/mol. The van der Waals surface area contributed by atoms with Crippen LogP contribution in [0.25, 0.3) is 6.08 Å². The van der Waals surface area contributed by atoms with E-state index >= 15 is 0 Å². The van der Waals surface area contributed by atoms with Crippen LogP contribution in [0, 0.1) is 6.92 Å². The van der Waals surface area contributed by atoms with Crippen LogP contribution < -0.4 is 11.1 Å². The van der Waals surface area contributed by atoms with Gasteiger partial charge in [-0.3, -0.25) is 14.5 Å². The van der Waals surface area contributed by atoms with E-state index < -0.39 is 23.8 Å². The fraction of sp³-hybridized carbons (Fsp3) is 0.267. The first-order chi connectivity index (χ1) is 10.4. The summed E-state index contributed by atoms with van der Waals surface area (Å²) in [6.07, 6.45) is 2.64. The summed E-state index contributed by atoms with van der Waals surface area (Å²) in [5.74, 6) is -2.24. The second-order valence-corrected chi connectivity index (χ2v) is 4.72. The second kappa shape index (κ2) is 8.58. The minimum Gasteiger partial charge on any atom is -0.370 e. The number of rotatable bonds is 7. The molecule has 0 aliphatic heterocycles. The van der Waals surface area contributed by atoms with E-state index in [1.807, 2.05) is 31.2 Å². The fourth-order valence-corrected chi connectivity index (χ4v) is 1.67. The molecule has 0 saturated carbocycles. The molecule has 1 aromatic rings. The quantitative estimate of drug-likeness (QED) is 0.390. The van der Waals surface area contributed by atoms with Crippen molar-refractivity contribution < 1.29 is 24.5 Å². The van der Waals surface area contributed by atoms with Gasteiger partial charge in [-0.05, 0) is 25.0 Å². The van der Waals surface area contributed by atoms with E-state index in [0.717, 1.165) is 11.1 Å².